The third-order valence-electron chi connectivity index (χ3n) is 7.23. The first-order valence-corrected chi connectivity index (χ1v) is 14.7. The number of nitrogens with one attached hydrogen (secondary N) is 1. The van der Waals surface area contributed by atoms with E-state index in [4.69, 9.17) is 9.98 Å². The first kappa shape index (κ1) is 31.1. The molecule has 3 heteroatoms. The van der Waals surface area contributed by atoms with Crippen LogP contribution in [0.15, 0.2) is 94.1 Å². The zero-order valence-electron chi connectivity index (χ0n) is 26.6. The van der Waals surface area contributed by atoms with Crippen molar-refractivity contribution in [2.75, 3.05) is 5.32 Å². The van der Waals surface area contributed by atoms with Gasteiger partial charge in [-0.3, -0.25) is 9.98 Å². The fraction of sp³-hybridized carbons (Fsp3) is 0.405. The molecule has 0 spiro atoms. The fourth-order valence-corrected chi connectivity index (χ4v) is 5.11. The summed E-state index contributed by atoms with van der Waals surface area (Å²) in [6.07, 6.45) is 0. The Morgan fingerprint density at radius 2 is 1.02 bits per heavy atom. The van der Waals surface area contributed by atoms with Crippen molar-refractivity contribution in [3.63, 3.8) is 0 Å². The van der Waals surface area contributed by atoms with Gasteiger partial charge in [0.1, 0.15) is 0 Å². The van der Waals surface area contributed by atoms with Crippen LogP contribution < -0.4 is 5.32 Å². The summed E-state index contributed by atoms with van der Waals surface area (Å²) in [6, 6.07) is 25.6. The van der Waals surface area contributed by atoms with E-state index in [1.165, 1.54) is 16.7 Å². The van der Waals surface area contributed by atoms with E-state index in [0.29, 0.717) is 17.8 Å². The first-order chi connectivity index (χ1) is 18.8. The van der Waals surface area contributed by atoms with Crippen molar-refractivity contribution in [3.8, 4) is 0 Å². The smallest absolute Gasteiger partial charge is 0.0668 e. The number of hydrogen-bond acceptors (Lipinski definition) is 3. The molecule has 0 fully saturated rings. The summed E-state index contributed by atoms with van der Waals surface area (Å²) in [4.78, 5) is 10.7. The van der Waals surface area contributed by atoms with Crippen LogP contribution in [0.1, 0.15) is 111 Å². The van der Waals surface area contributed by atoms with Crippen molar-refractivity contribution in [1.29, 1.82) is 0 Å². The Hall–Kier alpha value is -3.46. The molecule has 0 atom stereocenters. The summed E-state index contributed by atoms with van der Waals surface area (Å²) >= 11 is 0. The van der Waals surface area contributed by atoms with Crippen molar-refractivity contribution in [2.45, 2.75) is 93.9 Å². The second-order valence-corrected chi connectivity index (χ2v) is 12.7. The average molecular weight is 536 g/mol. The van der Waals surface area contributed by atoms with Gasteiger partial charge in [-0.2, -0.15) is 0 Å². The maximum absolute atomic E-state index is 5.43. The predicted molar refractivity (Wildman–Crippen MR) is 177 cm³/mol. The third kappa shape index (κ3) is 7.59. The zero-order valence-corrected chi connectivity index (χ0v) is 26.6. The quantitative estimate of drug-likeness (QED) is 0.272. The molecule has 3 nitrogen and oxygen atoms in total. The van der Waals surface area contributed by atoms with E-state index < -0.39 is 0 Å². The molecule has 0 saturated carbocycles. The van der Waals surface area contributed by atoms with Crippen molar-refractivity contribution < 1.29 is 0 Å². The van der Waals surface area contributed by atoms with Gasteiger partial charge in [0, 0.05) is 28.1 Å². The zero-order chi connectivity index (χ0) is 29.6. The molecule has 0 amide bonds. The molecule has 0 aromatic heterocycles. The molecule has 3 aromatic carbocycles. The molecule has 40 heavy (non-hydrogen) atoms. The lowest BCUT2D eigenvalue weighted by Gasteiger charge is -2.27. The SMILES string of the molecule is CC(=Nc1ccccc1C(C)C)/C(C(=Nc1ccccc1C(C)C)C(C)(C)C)=C(\C)Nc1ccccc1C(C)C. The van der Waals surface area contributed by atoms with Crippen LogP contribution >= 0.6 is 0 Å². The molecule has 0 saturated heterocycles. The van der Waals surface area contributed by atoms with Crippen LogP contribution in [-0.2, 0) is 0 Å². The normalized spacial score (nSPS) is 13.8. The van der Waals surface area contributed by atoms with Crippen LogP contribution in [0.25, 0.3) is 0 Å². The van der Waals surface area contributed by atoms with E-state index in [-0.39, 0.29) is 5.41 Å². The van der Waals surface area contributed by atoms with Crippen LogP contribution in [0.3, 0.4) is 0 Å². The minimum atomic E-state index is -0.228. The number of nitrogens with zero attached hydrogens (tertiary/aromatic N) is 2. The minimum Gasteiger partial charge on any atom is -0.358 e. The summed E-state index contributed by atoms with van der Waals surface area (Å²) in [6.45, 7) is 24.4. The first-order valence-electron chi connectivity index (χ1n) is 14.7. The van der Waals surface area contributed by atoms with Gasteiger partial charge in [0.2, 0.25) is 0 Å². The lowest BCUT2D eigenvalue weighted by molar-refractivity contribution is 0.592. The lowest BCUT2D eigenvalue weighted by atomic mass is 9.82. The van der Waals surface area contributed by atoms with E-state index in [9.17, 15) is 0 Å². The summed E-state index contributed by atoms with van der Waals surface area (Å²) < 4.78 is 0. The molecule has 0 aliphatic carbocycles. The molecule has 3 aromatic rings. The second-order valence-electron chi connectivity index (χ2n) is 12.7. The monoisotopic (exact) mass is 535 g/mol. The van der Waals surface area contributed by atoms with Gasteiger partial charge in [0.15, 0.2) is 0 Å². The standard InChI is InChI=1S/C37H49N3/c1-24(2)29-18-12-15-21-32(29)38-27(7)35(28(8)39-33-22-16-13-19-30(33)25(3)4)36(37(9,10)11)40-34-23-17-14-20-31(34)26(5)6/h12-26,38H,1-11H3/b35-27-,39-28?,40-36?. The highest BCUT2D eigenvalue weighted by atomic mass is 14.9. The predicted octanol–water partition coefficient (Wildman–Crippen LogP) is 11.4. The molecule has 0 aliphatic rings. The van der Waals surface area contributed by atoms with E-state index >= 15 is 0 Å². The number of anilines is 1. The maximum atomic E-state index is 5.43. The molecule has 0 unspecified atom stereocenters. The van der Waals surface area contributed by atoms with Crippen molar-refractivity contribution >= 4 is 28.5 Å². The van der Waals surface area contributed by atoms with Crippen molar-refractivity contribution in [2.24, 2.45) is 15.4 Å². The topological polar surface area (TPSA) is 36.8 Å². The summed E-state index contributed by atoms with van der Waals surface area (Å²) in [5.41, 5.74) is 10.8. The number of benzene rings is 3. The second kappa shape index (κ2) is 13.3. The van der Waals surface area contributed by atoms with E-state index in [1.807, 2.05) is 0 Å². The highest BCUT2D eigenvalue weighted by Crippen LogP contribution is 2.35. The Balaban J connectivity index is 2.34. The Morgan fingerprint density at radius 3 is 1.50 bits per heavy atom. The Labute approximate surface area is 243 Å². The number of hydrogen-bond donors (Lipinski definition) is 1. The molecule has 0 aliphatic heterocycles. The number of aliphatic imine (C=N–C) groups is 2. The van der Waals surface area contributed by atoms with Crippen molar-refractivity contribution in [3.05, 3.63) is 101 Å². The molecular formula is C37H49N3. The van der Waals surface area contributed by atoms with Crippen molar-refractivity contribution in [1.82, 2.24) is 0 Å². The third-order valence-corrected chi connectivity index (χ3v) is 7.23. The van der Waals surface area contributed by atoms with E-state index in [1.54, 1.807) is 0 Å². The van der Waals surface area contributed by atoms with E-state index in [2.05, 4.69) is 154 Å². The lowest BCUT2D eigenvalue weighted by Crippen LogP contribution is -2.28. The Morgan fingerprint density at radius 1 is 0.600 bits per heavy atom. The van der Waals surface area contributed by atoms with E-state index in [0.717, 1.165) is 39.8 Å². The molecule has 0 heterocycles. The van der Waals surface area contributed by atoms with Gasteiger partial charge >= 0.3 is 0 Å². The molecule has 0 radical (unpaired) electrons. The molecule has 212 valence electrons. The van der Waals surface area contributed by atoms with Gasteiger partial charge in [-0.05, 0) is 66.5 Å². The largest absolute Gasteiger partial charge is 0.358 e. The number of rotatable bonds is 9. The molecule has 1 N–H and O–H groups in total. The van der Waals surface area contributed by atoms with Gasteiger partial charge < -0.3 is 5.32 Å². The van der Waals surface area contributed by atoms with Gasteiger partial charge in [-0.1, -0.05) is 117 Å². The summed E-state index contributed by atoms with van der Waals surface area (Å²) in [5, 5.41) is 3.79. The number of allylic oxidation sites excluding steroid dienone is 2. The minimum absolute atomic E-state index is 0.228. The van der Waals surface area contributed by atoms with Crippen LogP contribution in [0.4, 0.5) is 17.1 Å². The van der Waals surface area contributed by atoms with Crippen LogP contribution in [0.5, 0.6) is 0 Å². The molecular weight excluding hydrogens is 486 g/mol. The van der Waals surface area contributed by atoms with Gasteiger partial charge in [-0.15, -0.1) is 0 Å². The summed E-state index contributed by atoms with van der Waals surface area (Å²) in [7, 11) is 0. The Bertz CT molecular complexity index is 1390. The molecule has 0 bridgehead atoms. The molecule has 3 rings (SSSR count). The van der Waals surface area contributed by atoms with Crippen LogP contribution in [-0.4, -0.2) is 11.4 Å². The highest BCUT2D eigenvalue weighted by Gasteiger charge is 2.27. The van der Waals surface area contributed by atoms with Crippen LogP contribution in [0.2, 0.25) is 0 Å². The summed E-state index contributed by atoms with van der Waals surface area (Å²) in [5.74, 6) is 1.16. The van der Waals surface area contributed by atoms with Crippen LogP contribution in [0, 0.1) is 5.41 Å². The fourth-order valence-electron chi connectivity index (χ4n) is 5.11. The van der Waals surface area contributed by atoms with Gasteiger partial charge in [0.25, 0.3) is 0 Å². The maximum Gasteiger partial charge on any atom is 0.0668 e. The highest BCUT2D eigenvalue weighted by molar-refractivity contribution is 6.27. The Kier molecular flexibility index (Phi) is 10.3. The van der Waals surface area contributed by atoms with Gasteiger partial charge in [-0.25, -0.2) is 0 Å². The number of para-hydroxylation sites is 3. The average Bonchev–Trinajstić information content (AvgIpc) is 2.88. The van der Waals surface area contributed by atoms with Gasteiger partial charge in [0.05, 0.1) is 17.1 Å².